The highest BCUT2D eigenvalue weighted by atomic mass is 16.5. The summed E-state index contributed by atoms with van der Waals surface area (Å²) in [4.78, 5) is 13.0. The first-order valence-corrected chi connectivity index (χ1v) is 8.75. The number of nitrogens with one attached hydrogen (secondary N) is 1. The van der Waals surface area contributed by atoms with Crippen LogP contribution in [0.25, 0.3) is 0 Å². The molecule has 2 aromatic carbocycles. The lowest BCUT2D eigenvalue weighted by atomic mass is 9.63. The Hall–Kier alpha value is -2.29. The predicted octanol–water partition coefficient (Wildman–Crippen LogP) is 4.38. The van der Waals surface area contributed by atoms with E-state index in [2.05, 4.69) is 17.4 Å². The van der Waals surface area contributed by atoms with E-state index in [-0.39, 0.29) is 17.4 Å². The lowest BCUT2D eigenvalue weighted by Gasteiger charge is -2.41. The van der Waals surface area contributed by atoms with Gasteiger partial charge in [-0.15, -0.1) is 0 Å². The Morgan fingerprint density at radius 2 is 1.92 bits per heavy atom. The van der Waals surface area contributed by atoms with Gasteiger partial charge >= 0.3 is 0 Å². The molecule has 0 saturated heterocycles. The van der Waals surface area contributed by atoms with E-state index in [9.17, 15) is 4.79 Å². The minimum absolute atomic E-state index is 0.0425. The fraction of sp³-hybridized carbons (Fsp3) is 0.381. The molecule has 3 heteroatoms. The second-order valence-electron chi connectivity index (χ2n) is 6.50. The molecule has 1 aliphatic rings. The number of rotatable bonds is 6. The first-order valence-electron chi connectivity index (χ1n) is 8.75. The minimum atomic E-state index is -0.354. The zero-order chi connectivity index (χ0) is 17.0. The summed E-state index contributed by atoms with van der Waals surface area (Å²) in [6.45, 7) is 4.64. The third kappa shape index (κ3) is 3.16. The molecule has 1 saturated carbocycles. The van der Waals surface area contributed by atoms with Crippen LogP contribution >= 0.6 is 0 Å². The van der Waals surface area contributed by atoms with Gasteiger partial charge in [0.25, 0.3) is 0 Å². The first-order chi connectivity index (χ1) is 11.7. The van der Waals surface area contributed by atoms with Crippen molar-refractivity contribution >= 4 is 5.91 Å². The molecule has 1 atom stereocenters. The zero-order valence-electron chi connectivity index (χ0n) is 14.4. The number of carbonyl (C=O) groups excluding carboxylic acids is 1. The molecule has 1 N–H and O–H groups in total. The molecule has 0 radical (unpaired) electrons. The quantitative estimate of drug-likeness (QED) is 0.856. The van der Waals surface area contributed by atoms with E-state index in [4.69, 9.17) is 4.74 Å². The van der Waals surface area contributed by atoms with Crippen LogP contribution < -0.4 is 10.1 Å². The van der Waals surface area contributed by atoms with Crippen molar-refractivity contribution in [3.63, 3.8) is 0 Å². The van der Waals surface area contributed by atoms with Crippen molar-refractivity contribution in [2.75, 3.05) is 6.61 Å². The maximum absolute atomic E-state index is 13.0. The Morgan fingerprint density at radius 3 is 2.54 bits per heavy atom. The van der Waals surface area contributed by atoms with Gasteiger partial charge in [0.15, 0.2) is 0 Å². The molecule has 0 heterocycles. The van der Waals surface area contributed by atoms with Crippen LogP contribution in [0, 0.1) is 0 Å². The zero-order valence-corrected chi connectivity index (χ0v) is 14.4. The monoisotopic (exact) mass is 323 g/mol. The maximum atomic E-state index is 13.0. The van der Waals surface area contributed by atoms with E-state index < -0.39 is 0 Å². The van der Waals surface area contributed by atoms with Crippen molar-refractivity contribution in [2.45, 2.75) is 44.6 Å². The second kappa shape index (κ2) is 7.08. The Kier molecular flexibility index (Phi) is 4.89. The largest absolute Gasteiger partial charge is 0.494 e. The number of hydrogen-bond acceptors (Lipinski definition) is 2. The molecule has 1 amide bonds. The van der Waals surface area contributed by atoms with E-state index in [0.29, 0.717) is 6.61 Å². The Morgan fingerprint density at radius 1 is 1.17 bits per heavy atom. The molecular weight excluding hydrogens is 298 g/mol. The predicted molar refractivity (Wildman–Crippen MR) is 96.1 cm³/mol. The van der Waals surface area contributed by atoms with Gasteiger partial charge in [-0.1, -0.05) is 48.9 Å². The summed E-state index contributed by atoms with van der Waals surface area (Å²) in [5, 5.41) is 3.21. The molecule has 3 rings (SSSR count). The van der Waals surface area contributed by atoms with Crippen LogP contribution in [0.2, 0.25) is 0 Å². The van der Waals surface area contributed by atoms with Gasteiger partial charge in [-0.25, -0.2) is 0 Å². The van der Waals surface area contributed by atoms with Gasteiger partial charge in [0.2, 0.25) is 5.91 Å². The van der Waals surface area contributed by atoms with Crippen molar-refractivity contribution < 1.29 is 9.53 Å². The highest BCUT2D eigenvalue weighted by Gasteiger charge is 2.45. The standard InChI is InChI=1S/C21H25NO2/c1-3-24-19-12-7-9-17(15-19)16(2)22-20(23)21(13-8-14-21)18-10-5-4-6-11-18/h4-7,9-12,15-16H,3,8,13-14H2,1-2H3,(H,22,23)/t16-/m1/s1. The molecule has 0 spiro atoms. The molecule has 1 fully saturated rings. The summed E-state index contributed by atoms with van der Waals surface area (Å²) in [6.07, 6.45) is 2.96. The van der Waals surface area contributed by atoms with Crippen LogP contribution in [-0.4, -0.2) is 12.5 Å². The van der Waals surface area contributed by atoms with Gasteiger partial charge in [0, 0.05) is 0 Å². The van der Waals surface area contributed by atoms with Crippen LogP contribution in [0.15, 0.2) is 54.6 Å². The number of benzene rings is 2. The molecule has 0 unspecified atom stereocenters. The molecule has 3 nitrogen and oxygen atoms in total. The molecule has 0 aromatic heterocycles. The van der Waals surface area contributed by atoms with E-state index >= 15 is 0 Å². The topological polar surface area (TPSA) is 38.3 Å². The van der Waals surface area contributed by atoms with Crippen molar-refractivity contribution in [1.29, 1.82) is 0 Å². The summed E-state index contributed by atoms with van der Waals surface area (Å²) in [5.41, 5.74) is 1.84. The molecule has 0 bridgehead atoms. The van der Waals surface area contributed by atoms with E-state index in [1.165, 1.54) is 0 Å². The number of ether oxygens (including phenoxy) is 1. The normalized spacial score (nSPS) is 16.8. The smallest absolute Gasteiger partial charge is 0.231 e. The average Bonchev–Trinajstić information content (AvgIpc) is 2.55. The summed E-state index contributed by atoms with van der Waals surface area (Å²) in [7, 11) is 0. The Labute approximate surface area is 144 Å². The van der Waals surface area contributed by atoms with Gasteiger partial charge in [0.05, 0.1) is 18.1 Å². The second-order valence-corrected chi connectivity index (χ2v) is 6.50. The highest BCUT2D eigenvalue weighted by Crippen LogP contribution is 2.44. The van der Waals surface area contributed by atoms with Gasteiger partial charge in [-0.3, -0.25) is 4.79 Å². The van der Waals surface area contributed by atoms with Gasteiger partial charge in [-0.05, 0) is 49.9 Å². The summed E-state index contributed by atoms with van der Waals surface area (Å²) in [6, 6.07) is 18.1. The molecular formula is C21H25NO2. The third-order valence-corrected chi connectivity index (χ3v) is 4.98. The van der Waals surface area contributed by atoms with E-state index in [1.807, 2.05) is 56.3 Å². The lowest BCUT2D eigenvalue weighted by Crippen LogP contribution is -2.49. The average molecular weight is 323 g/mol. The molecule has 24 heavy (non-hydrogen) atoms. The number of hydrogen-bond donors (Lipinski definition) is 1. The molecule has 2 aromatic rings. The van der Waals surface area contributed by atoms with Crippen molar-refractivity contribution in [1.82, 2.24) is 5.32 Å². The van der Waals surface area contributed by atoms with E-state index in [0.717, 1.165) is 36.1 Å². The minimum Gasteiger partial charge on any atom is -0.494 e. The van der Waals surface area contributed by atoms with Gasteiger partial charge in [0.1, 0.15) is 5.75 Å². The van der Waals surface area contributed by atoms with Crippen LogP contribution in [0.4, 0.5) is 0 Å². The molecule has 1 aliphatic carbocycles. The fourth-order valence-corrected chi connectivity index (χ4v) is 3.39. The maximum Gasteiger partial charge on any atom is 0.231 e. The van der Waals surface area contributed by atoms with Crippen LogP contribution in [-0.2, 0) is 10.2 Å². The van der Waals surface area contributed by atoms with Crippen LogP contribution in [0.5, 0.6) is 5.75 Å². The first kappa shape index (κ1) is 16.6. The Balaban J connectivity index is 1.75. The lowest BCUT2D eigenvalue weighted by molar-refractivity contribution is -0.130. The summed E-state index contributed by atoms with van der Waals surface area (Å²) >= 11 is 0. The third-order valence-electron chi connectivity index (χ3n) is 4.98. The fourth-order valence-electron chi connectivity index (χ4n) is 3.39. The highest BCUT2D eigenvalue weighted by molar-refractivity contribution is 5.89. The summed E-state index contributed by atoms with van der Waals surface area (Å²) < 4.78 is 5.56. The van der Waals surface area contributed by atoms with E-state index in [1.54, 1.807) is 0 Å². The number of carbonyl (C=O) groups is 1. The van der Waals surface area contributed by atoms with Crippen LogP contribution in [0.3, 0.4) is 0 Å². The van der Waals surface area contributed by atoms with Crippen molar-refractivity contribution in [3.8, 4) is 5.75 Å². The van der Waals surface area contributed by atoms with Gasteiger partial charge < -0.3 is 10.1 Å². The molecule has 0 aliphatic heterocycles. The van der Waals surface area contributed by atoms with Crippen LogP contribution in [0.1, 0.15) is 50.3 Å². The molecule has 126 valence electrons. The summed E-state index contributed by atoms with van der Waals surface area (Å²) in [5.74, 6) is 0.978. The SMILES string of the molecule is CCOc1cccc([C@@H](C)NC(=O)C2(c3ccccc3)CCC2)c1. The van der Waals surface area contributed by atoms with Crippen molar-refractivity contribution in [3.05, 3.63) is 65.7 Å². The number of amides is 1. The van der Waals surface area contributed by atoms with Crippen molar-refractivity contribution in [2.24, 2.45) is 0 Å². The Bertz CT molecular complexity index is 692. The van der Waals surface area contributed by atoms with Gasteiger partial charge in [-0.2, -0.15) is 0 Å².